The lowest BCUT2D eigenvalue weighted by molar-refractivity contribution is -0.120. The lowest BCUT2D eigenvalue weighted by Gasteiger charge is -2.28. The van der Waals surface area contributed by atoms with Gasteiger partial charge in [0.2, 0.25) is 5.91 Å². The first-order valence-electron chi connectivity index (χ1n) is 9.88. The van der Waals surface area contributed by atoms with Crippen LogP contribution >= 0.6 is 0 Å². The van der Waals surface area contributed by atoms with E-state index in [1.165, 1.54) is 23.6 Å². The predicted molar refractivity (Wildman–Crippen MR) is 110 cm³/mol. The van der Waals surface area contributed by atoms with E-state index in [1.807, 2.05) is 19.1 Å². The predicted octanol–water partition coefficient (Wildman–Crippen LogP) is 3.50. The second-order valence-electron chi connectivity index (χ2n) is 7.96. The molecule has 1 N–H and O–H groups in total. The zero-order valence-electron chi connectivity index (χ0n) is 16.0. The van der Waals surface area contributed by atoms with Gasteiger partial charge in [-0.25, -0.2) is 8.42 Å². The van der Waals surface area contributed by atoms with Gasteiger partial charge in [0, 0.05) is 6.04 Å². The molecule has 0 heterocycles. The summed E-state index contributed by atoms with van der Waals surface area (Å²) >= 11 is 0. The number of hydrogen-bond acceptors (Lipinski definition) is 3. The summed E-state index contributed by atoms with van der Waals surface area (Å²) in [4.78, 5) is 13.0. The fourth-order valence-electron chi connectivity index (χ4n) is 4.67. The van der Waals surface area contributed by atoms with Crippen LogP contribution in [0, 0.1) is 18.8 Å². The van der Waals surface area contributed by atoms with Crippen molar-refractivity contribution in [2.24, 2.45) is 11.8 Å². The van der Waals surface area contributed by atoms with Gasteiger partial charge in [-0.2, -0.15) is 0 Å². The maximum atomic E-state index is 13.3. The van der Waals surface area contributed by atoms with Gasteiger partial charge in [0.15, 0.2) is 0 Å². The number of carbonyl (C=O) groups excluding carboxylic acids is 1. The van der Waals surface area contributed by atoms with Gasteiger partial charge in [0.05, 0.1) is 10.6 Å². The number of anilines is 1. The molecule has 0 radical (unpaired) electrons. The summed E-state index contributed by atoms with van der Waals surface area (Å²) in [5.74, 6) is 1.03. The minimum Gasteiger partial charge on any atom is -0.352 e. The van der Waals surface area contributed by atoms with Gasteiger partial charge >= 0.3 is 0 Å². The Morgan fingerprint density at radius 1 is 1.04 bits per heavy atom. The number of aryl methyl sites for hydroxylation is 1. The lowest BCUT2D eigenvalue weighted by Crippen LogP contribution is -2.46. The Balaban J connectivity index is 1.60. The van der Waals surface area contributed by atoms with Gasteiger partial charge in [-0.1, -0.05) is 42.8 Å². The number of fused-ring (bicyclic) bond motifs is 2. The van der Waals surface area contributed by atoms with Crippen LogP contribution in [0.2, 0.25) is 0 Å². The van der Waals surface area contributed by atoms with Crippen molar-refractivity contribution < 1.29 is 13.2 Å². The second-order valence-corrected chi connectivity index (χ2v) is 9.82. The summed E-state index contributed by atoms with van der Waals surface area (Å²) in [5.41, 5.74) is 1.35. The molecule has 148 valence electrons. The molecule has 2 aromatic rings. The maximum absolute atomic E-state index is 13.3. The normalized spacial score (nSPS) is 23.5. The van der Waals surface area contributed by atoms with E-state index in [0.717, 1.165) is 17.9 Å². The smallest absolute Gasteiger partial charge is 0.264 e. The lowest BCUT2D eigenvalue weighted by atomic mass is 9.95. The Kier molecular flexibility index (Phi) is 5.15. The van der Waals surface area contributed by atoms with Gasteiger partial charge < -0.3 is 5.32 Å². The standard InChI is InChI=1S/C22H26N2O3S/c1-16-7-5-6-10-21(16)24(28(26,27)19-8-3-2-4-9-19)15-22(25)23-20-14-17-11-12-18(20)13-17/h2-10,17-18,20H,11-15H2,1H3,(H,23,25). The first-order chi connectivity index (χ1) is 13.4. The average molecular weight is 399 g/mol. The number of amides is 1. The highest BCUT2D eigenvalue weighted by Gasteiger charge is 2.40. The van der Waals surface area contributed by atoms with E-state index in [4.69, 9.17) is 0 Å². The zero-order valence-corrected chi connectivity index (χ0v) is 16.9. The third-order valence-corrected chi connectivity index (χ3v) is 7.86. The van der Waals surface area contributed by atoms with Crippen molar-refractivity contribution in [1.29, 1.82) is 0 Å². The largest absolute Gasteiger partial charge is 0.352 e. The summed E-state index contributed by atoms with van der Waals surface area (Å²) < 4.78 is 27.9. The van der Waals surface area contributed by atoms with Crippen molar-refractivity contribution in [3.63, 3.8) is 0 Å². The zero-order chi connectivity index (χ0) is 19.7. The summed E-state index contributed by atoms with van der Waals surface area (Å²) in [6.45, 7) is 1.65. The molecule has 2 saturated carbocycles. The summed E-state index contributed by atoms with van der Waals surface area (Å²) in [7, 11) is -3.84. The molecular formula is C22H26N2O3S. The molecule has 3 unspecified atom stereocenters. The van der Waals surface area contributed by atoms with Gasteiger partial charge in [-0.3, -0.25) is 9.10 Å². The third kappa shape index (κ3) is 3.65. The van der Waals surface area contributed by atoms with Crippen molar-refractivity contribution in [1.82, 2.24) is 5.32 Å². The first kappa shape index (κ1) is 19.0. The summed E-state index contributed by atoms with van der Waals surface area (Å²) in [6.07, 6.45) is 4.63. The van der Waals surface area contributed by atoms with E-state index in [2.05, 4.69) is 5.32 Å². The molecule has 28 heavy (non-hydrogen) atoms. The Hall–Kier alpha value is -2.34. The molecule has 1 amide bonds. The third-order valence-electron chi connectivity index (χ3n) is 6.09. The SMILES string of the molecule is Cc1ccccc1N(CC(=O)NC1CC2CCC1C2)S(=O)(=O)c1ccccc1. The Labute approximate surface area is 166 Å². The molecule has 3 atom stereocenters. The van der Waals surface area contributed by atoms with E-state index in [1.54, 1.807) is 42.5 Å². The fourth-order valence-corrected chi connectivity index (χ4v) is 6.17. The van der Waals surface area contributed by atoms with Crippen LogP contribution < -0.4 is 9.62 Å². The monoisotopic (exact) mass is 398 g/mol. The summed E-state index contributed by atoms with van der Waals surface area (Å²) in [6, 6.07) is 15.7. The average Bonchev–Trinajstić information content (AvgIpc) is 3.30. The quantitative estimate of drug-likeness (QED) is 0.810. The number of benzene rings is 2. The number of nitrogens with zero attached hydrogens (tertiary/aromatic N) is 1. The topological polar surface area (TPSA) is 66.5 Å². The summed E-state index contributed by atoms with van der Waals surface area (Å²) in [5, 5.41) is 3.11. The van der Waals surface area contributed by atoms with Crippen LogP contribution in [0.3, 0.4) is 0 Å². The molecule has 0 aromatic heterocycles. The molecule has 2 aliphatic carbocycles. The number of carbonyl (C=O) groups is 1. The van der Waals surface area contributed by atoms with Crippen molar-refractivity contribution >= 4 is 21.6 Å². The molecule has 4 rings (SSSR count). The Bertz CT molecular complexity index is 959. The van der Waals surface area contributed by atoms with Gasteiger partial charge in [-0.15, -0.1) is 0 Å². The maximum Gasteiger partial charge on any atom is 0.264 e. The molecule has 0 aliphatic heterocycles. The van der Waals surface area contributed by atoms with Crippen LogP contribution in [0.25, 0.3) is 0 Å². The number of hydrogen-bond donors (Lipinski definition) is 1. The van der Waals surface area contributed by atoms with Gasteiger partial charge in [-0.05, 0) is 61.8 Å². The van der Waals surface area contributed by atoms with Crippen molar-refractivity contribution in [3.8, 4) is 0 Å². The van der Waals surface area contributed by atoms with Crippen LogP contribution in [0.15, 0.2) is 59.5 Å². The Morgan fingerprint density at radius 2 is 1.75 bits per heavy atom. The number of nitrogens with one attached hydrogen (secondary N) is 1. The van der Waals surface area contributed by atoms with Crippen LogP contribution in [0.1, 0.15) is 31.2 Å². The molecule has 2 aromatic carbocycles. The van der Waals surface area contributed by atoms with Crippen molar-refractivity contribution in [3.05, 3.63) is 60.2 Å². The number of rotatable bonds is 6. The molecule has 2 bridgehead atoms. The molecule has 2 fully saturated rings. The molecule has 0 spiro atoms. The van der Waals surface area contributed by atoms with Crippen LogP contribution in [-0.2, 0) is 14.8 Å². The van der Waals surface area contributed by atoms with E-state index in [9.17, 15) is 13.2 Å². The highest BCUT2D eigenvalue weighted by atomic mass is 32.2. The van der Waals surface area contributed by atoms with Crippen LogP contribution in [0.4, 0.5) is 5.69 Å². The van der Waals surface area contributed by atoms with Gasteiger partial charge in [0.25, 0.3) is 10.0 Å². The van der Waals surface area contributed by atoms with Crippen molar-refractivity contribution in [2.45, 2.75) is 43.5 Å². The number of sulfonamides is 1. The minimum absolute atomic E-state index is 0.185. The number of para-hydroxylation sites is 1. The fraction of sp³-hybridized carbons (Fsp3) is 0.409. The highest BCUT2D eigenvalue weighted by molar-refractivity contribution is 7.92. The Morgan fingerprint density at radius 3 is 2.39 bits per heavy atom. The second kappa shape index (κ2) is 7.59. The minimum atomic E-state index is -3.84. The van der Waals surface area contributed by atoms with E-state index >= 15 is 0 Å². The van der Waals surface area contributed by atoms with Gasteiger partial charge in [0.1, 0.15) is 6.54 Å². The highest BCUT2D eigenvalue weighted by Crippen LogP contribution is 2.44. The molecule has 0 saturated heterocycles. The molecule has 6 heteroatoms. The molecular weight excluding hydrogens is 372 g/mol. The van der Waals surface area contributed by atoms with E-state index in [-0.39, 0.29) is 23.4 Å². The van der Waals surface area contributed by atoms with E-state index in [0.29, 0.717) is 11.6 Å². The van der Waals surface area contributed by atoms with Crippen LogP contribution in [0.5, 0.6) is 0 Å². The van der Waals surface area contributed by atoms with E-state index < -0.39 is 10.0 Å². The molecule has 5 nitrogen and oxygen atoms in total. The molecule has 2 aliphatic rings. The first-order valence-corrected chi connectivity index (χ1v) is 11.3. The van der Waals surface area contributed by atoms with Crippen molar-refractivity contribution in [2.75, 3.05) is 10.8 Å². The van der Waals surface area contributed by atoms with Crippen LogP contribution in [-0.4, -0.2) is 26.9 Å².